The molecular formula is C22H20N2O2S. The van der Waals surface area contributed by atoms with Gasteiger partial charge in [-0.25, -0.2) is 13.1 Å². The van der Waals surface area contributed by atoms with Gasteiger partial charge in [-0.1, -0.05) is 66.7 Å². The van der Waals surface area contributed by atoms with Gasteiger partial charge in [0.1, 0.15) is 0 Å². The Kier molecular flexibility index (Phi) is 4.34. The predicted octanol–water partition coefficient (Wildman–Crippen LogP) is 4.61. The number of nitrogen functional groups attached to an aromatic ring is 1. The molecule has 0 amide bonds. The molecule has 1 unspecified atom stereocenters. The Labute approximate surface area is 158 Å². The standard InChI is InChI=1S/C22H20N2O2S/c1-15(17-10-4-8-16-7-2-3-9-18(16)17)24-27(25,26)22-14-6-11-19-20(22)12-5-13-21(19)23/h2-15,24H,23H2,1H3. The van der Waals surface area contributed by atoms with Crippen molar-refractivity contribution < 1.29 is 8.42 Å². The maximum absolute atomic E-state index is 13.1. The third-order valence-electron chi connectivity index (χ3n) is 4.83. The minimum atomic E-state index is -3.73. The van der Waals surface area contributed by atoms with Crippen LogP contribution in [0.1, 0.15) is 18.5 Å². The van der Waals surface area contributed by atoms with Gasteiger partial charge in [0.15, 0.2) is 0 Å². The first-order chi connectivity index (χ1) is 13.0. The monoisotopic (exact) mass is 376 g/mol. The Morgan fingerprint density at radius 1 is 0.778 bits per heavy atom. The molecule has 4 aromatic rings. The highest BCUT2D eigenvalue weighted by Crippen LogP contribution is 2.29. The summed E-state index contributed by atoms with van der Waals surface area (Å²) < 4.78 is 29.1. The van der Waals surface area contributed by atoms with Gasteiger partial charge in [0.25, 0.3) is 0 Å². The molecule has 0 heterocycles. The van der Waals surface area contributed by atoms with E-state index in [-0.39, 0.29) is 10.9 Å². The highest BCUT2D eigenvalue weighted by molar-refractivity contribution is 7.89. The molecule has 4 rings (SSSR count). The van der Waals surface area contributed by atoms with Crippen LogP contribution in [0.25, 0.3) is 21.5 Å². The summed E-state index contributed by atoms with van der Waals surface area (Å²) in [7, 11) is -3.73. The number of sulfonamides is 1. The minimum Gasteiger partial charge on any atom is -0.398 e. The van der Waals surface area contributed by atoms with Crippen molar-refractivity contribution in [3.05, 3.63) is 84.4 Å². The van der Waals surface area contributed by atoms with Crippen LogP contribution in [-0.2, 0) is 10.0 Å². The summed E-state index contributed by atoms with van der Waals surface area (Å²) in [6, 6.07) is 24.0. The SMILES string of the molecule is CC(NS(=O)(=O)c1cccc2c(N)cccc12)c1cccc2ccccc12. The minimum absolute atomic E-state index is 0.236. The van der Waals surface area contributed by atoms with E-state index in [4.69, 9.17) is 5.73 Å². The molecule has 0 bridgehead atoms. The summed E-state index contributed by atoms with van der Waals surface area (Å²) in [6.45, 7) is 1.86. The molecule has 0 radical (unpaired) electrons. The number of nitrogens with two attached hydrogens (primary N) is 1. The van der Waals surface area contributed by atoms with Gasteiger partial charge in [0.05, 0.1) is 4.90 Å². The lowest BCUT2D eigenvalue weighted by molar-refractivity contribution is 0.568. The highest BCUT2D eigenvalue weighted by atomic mass is 32.2. The van der Waals surface area contributed by atoms with E-state index in [1.54, 1.807) is 30.3 Å². The number of benzene rings is 4. The Morgan fingerprint density at radius 3 is 2.26 bits per heavy atom. The molecule has 0 aliphatic heterocycles. The van der Waals surface area contributed by atoms with Crippen molar-refractivity contribution in [1.82, 2.24) is 4.72 Å². The third-order valence-corrected chi connectivity index (χ3v) is 6.43. The van der Waals surface area contributed by atoms with Gasteiger partial charge in [-0.2, -0.15) is 0 Å². The Morgan fingerprint density at radius 2 is 1.41 bits per heavy atom. The van der Waals surface area contributed by atoms with E-state index in [0.29, 0.717) is 11.1 Å². The van der Waals surface area contributed by atoms with E-state index in [1.165, 1.54) is 0 Å². The fourth-order valence-electron chi connectivity index (χ4n) is 3.53. The Bertz CT molecular complexity index is 1240. The van der Waals surface area contributed by atoms with Crippen LogP contribution in [0, 0.1) is 0 Å². The number of hydrogen-bond acceptors (Lipinski definition) is 3. The molecule has 3 N–H and O–H groups in total. The summed E-state index contributed by atoms with van der Waals surface area (Å²) in [5, 5.41) is 3.48. The molecule has 0 aromatic heterocycles. The number of rotatable bonds is 4. The lowest BCUT2D eigenvalue weighted by Crippen LogP contribution is -2.27. The van der Waals surface area contributed by atoms with Crippen LogP contribution >= 0.6 is 0 Å². The molecule has 27 heavy (non-hydrogen) atoms. The summed E-state index contributed by atoms with van der Waals surface area (Å²) in [5.74, 6) is 0. The second-order valence-electron chi connectivity index (χ2n) is 6.61. The van der Waals surface area contributed by atoms with Gasteiger partial charge in [0, 0.05) is 22.5 Å². The van der Waals surface area contributed by atoms with E-state index >= 15 is 0 Å². The zero-order valence-corrected chi connectivity index (χ0v) is 15.7. The fraction of sp³-hybridized carbons (Fsp3) is 0.0909. The number of nitrogens with one attached hydrogen (secondary N) is 1. The third kappa shape index (κ3) is 3.16. The van der Waals surface area contributed by atoms with Gasteiger partial charge in [0.2, 0.25) is 10.0 Å². The largest absolute Gasteiger partial charge is 0.398 e. The number of anilines is 1. The molecule has 4 aromatic carbocycles. The van der Waals surface area contributed by atoms with Gasteiger partial charge in [-0.05, 0) is 35.4 Å². The highest BCUT2D eigenvalue weighted by Gasteiger charge is 2.22. The topological polar surface area (TPSA) is 72.2 Å². The van der Waals surface area contributed by atoms with Crippen LogP contribution in [0.3, 0.4) is 0 Å². The van der Waals surface area contributed by atoms with Crippen molar-refractivity contribution in [3.8, 4) is 0 Å². The molecule has 0 spiro atoms. The van der Waals surface area contributed by atoms with Crippen molar-refractivity contribution >= 4 is 37.3 Å². The summed E-state index contributed by atoms with van der Waals surface area (Å²) >= 11 is 0. The van der Waals surface area contributed by atoms with E-state index in [0.717, 1.165) is 21.7 Å². The molecule has 0 saturated heterocycles. The van der Waals surface area contributed by atoms with E-state index in [9.17, 15) is 8.42 Å². The molecule has 0 aliphatic carbocycles. The zero-order chi connectivity index (χ0) is 19.0. The number of fused-ring (bicyclic) bond motifs is 2. The van der Waals surface area contributed by atoms with Crippen molar-refractivity contribution in [2.45, 2.75) is 17.9 Å². The van der Waals surface area contributed by atoms with Crippen LogP contribution in [0.15, 0.2) is 83.8 Å². The van der Waals surface area contributed by atoms with Gasteiger partial charge >= 0.3 is 0 Å². The van der Waals surface area contributed by atoms with Gasteiger partial charge < -0.3 is 5.73 Å². The molecule has 4 nitrogen and oxygen atoms in total. The summed E-state index contributed by atoms with van der Waals surface area (Å²) in [4.78, 5) is 0.236. The Hall–Kier alpha value is -2.89. The molecule has 0 aliphatic rings. The first-order valence-electron chi connectivity index (χ1n) is 8.74. The average molecular weight is 376 g/mol. The van der Waals surface area contributed by atoms with Crippen molar-refractivity contribution in [3.63, 3.8) is 0 Å². The Balaban J connectivity index is 1.77. The van der Waals surface area contributed by atoms with Crippen molar-refractivity contribution in [1.29, 1.82) is 0 Å². The fourth-order valence-corrected chi connectivity index (χ4v) is 4.97. The molecular weight excluding hydrogens is 356 g/mol. The molecule has 5 heteroatoms. The summed E-state index contributed by atoms with van der Waals surface area (Å²) in [6.07, 6.45) is 0. The quantitative estimate of drug-likeness (QED) is 0.511. The first-order valence-corrected chi connectivity index (χ1v) is 10.2. The van der Waals surface area contributed by atoms with E-state index < -0.39 is 10.0 Å². The zero-order valence-electron chi connectivity index (χ0n) is 14.9. The van der Waals surface area contributed by atoms with E-state index in [2.05, 4.69) is 4.72 Å². The smallest absolute Gasteiger partial charge is 0.241 e. The van der Waals surface area contributed by atoms with Crippen molar-refractivity contribution in [2.24, 2.45) is 0 Å². The van der Waals surface area contributed by atoms with Crippen LogP contribution in [0.5, 0.6) is 0 Å². The molecule has 0 fully saturated rings. The van der Waals surface area contributed by atoms with Crippen LogP contribution < -0.4 is 10.5 Å². The molecule has 1 atom stereocenters. The lowest BCUT2D eigenvalue weighted by Gasteiger charge is -2.18. The maximum atomic E-state index is 13.1. The van der Waals surface area contributed by atoms with Gasteiger partial charge in [-0.15, -0.1) is 0 Å². The van der Waals surface area contributed by atoms with Crippen LogP contribution in [-0.4, -0.2) is 8.42 Å². The maximum Gasteiger partial charge on any atom is 0.241 e. The molecule has 0 saturated carbocycles. The van der Waals surface area contributed by atoms with E-state index in [1.807, 2.05) is 55.5 Å². The lowest BCUT2D eigenvalue weighted by atomic mass is 10.0. The second-order valence-corrected chi connectivity index (χ2v) is 8.29. The van der Waals surface area contributed by atoms with Gasteiger partial charge in [-0.3, -0.25) is 0 Å². The van der Waals surface area contributed by atoms with Crippen molar-refractivity contribution in [2.75, 3.05) is 5.73 Å². The second kappa shape index (κ2) is 6.68. The predicted molar refractivity (Wildman–Crippen MR) is 111 cm³/mol. The normalized spacial score (nSPS) is 13.1. The van der Waals surface area contributed by atoms with Crippen LogP contribution in [0.4, 0.5) is 5.69 Å². The molecule has 136 valence electrons. The summed E-state index contributed by atoms with van der Waals surface area (Å²) in [5.41, 5.74) is 7.51. The number of hydrogen-bond donors (Lipinski definition) is 2. The average Bonchev–Trinajstić information content (AvgIpc) is 2.67. The first kappa shape index (κ1) is 17.5. The van der Waals surface area contributed by atoms with Crippen LogP contribution in [0.2, 0.25) is 0 Å².